The van der Waals surface area contributed by atoms with E-state index in [1.807, 2.05) is 6.07 Å². The quantitative estimate of drug-likeness (QED) is 0.490. The Labute approximate surface area is 86.9 Å². The maximum Gasteiger partial charge on any atom is 0.0716 e. The predicted molar refractivity (Wildman–Crippen MR) is 62.9 cm³/mol. The minimum atomic E-state index is 0.299. The van der Waals surface area contributed by atoms with Gasteiger partial charge in [0.05, 0.1) is 6.04 Å². The monoisotopic (exact) mass is 189 g/mol. The molecule has 1 aromatic rings. The zero-order chi connectivity index (χ0) is 10.2. The molecule has 0 heterocycles. The highest BCUT2D eigenvalue weighted by Gasteiger charge is 1.99. The normalized spacial score (nSPS) is 13.3. The van der Waals surface area contributed by atoms with E-state index < -0.39 is 0 Å². The van der Waals surface area contributed by atoms with Gasteiger partial charge >= 0.3 is 0 Å². The standard InChI is InChI=1S/C13H19N/c1-3-4-8-11-14-12(2)13-9-6-5-7-10-13/h5-7,9-12H,3-4,8H2,1-2H3/t12-/m0/s1. The Morgan fingerprint density at radius 3 is 2.64 bits per heavy atom. The first-order chi connectivity index (χ1) is 6.84. The molecule has 0 saturated heterocycles. The van der Waals surface area contributed by atoms with Crippen molar-refractivity contribution >= 4 is 6.21 Å². The molecule has 1 atom stereocenters. The second-order valence-electron chi connectivity index (χ2n) is 3.56. The lowest BCUT2D eigenvalue weighted by Crippen LogP contribution is -1.89. The minimum Gasteiger partial charge on any atom is -0.290 e. The van der Waals surface area contributed by atoms with E-state index in [4.69, 9.17) is 0 Å². The van der Waals surface area contributed by atoms with E-state index in [-0.39, 0.29) is 0 Å². The van der Waals surface area contributed by atoms with Gasteiger partial charge in [-0.3, -0.25) is 4.99 Å². The number of nitrogens with zero attached hydrogens (tertiary/aromatic N) is 1. The fourth-order valence-electron chi connectivity index (χ4n) is 1.35. The zero-order valence-electron chi connectivity index (χ0n) is 9.11. The number of hydrogen-bond acceptors (Lipinski definition) is 1. The molecule has 76 valence electrons. The van der Waals surface area contributed by atoms with E-state index in [9.17, 15) is 0 Å². The number of benzene rings is 1. The van der Waals surface area contributed by atoms with E-state index in [0.29, 0.717) is 6.04 Å². The summed E-state index contributed by atoms with van der Waals surface area (Å²) in [6.07, 6.45) is 5.64. The lowest BCUT2D eigenvalue weighted by molar-refractivity contribution is 0.800. The Bertz CT molecular complexity index is 264. The van der Waals surface area contributed by atoms with Crippen molar-refractivity contribution in [3.05, 3.63) is 35.9 Å². The molecule has 0 bridgehead atoms. The van der Waals surface area contributed by atoms with Crippen LogP contribution in [0.25, 0.3) is 0 Å². The maximum atomic E-state index is 4.51. The van der Waals surface area contributed by atoms with Gasteiger partial charge in [-0.1, -0.05) is 43.7 Å². The second-order valence-corrected chi connectivity index (χ2v) is 3.56. The highest BCUT2D eigenvalue weighted by Crippen LogP contribution is 2.15. The van der Waals surface area contributed by atoms with Gasteiger partial charge < -0.3 is 0 Å². The average Bonchev–Trinajstić information content (AvgIpc) is 2.25. The number of unbranched alkanes of at least 4 members (excludes halogenated alkanes) is 2. The van der Waals surface area contributed by atoms with Crippen molar-refractivity contribution in [3.8, 4) is 0 Å². The van der Waals surface area contributed by atoms with E-state index in [1.165, 1.54) is 18.4 Å². The van der Waals surface area contributed by atoms with Gasteiger partial charge in [0.15, 0.2) is 0 Å². The van der Waals surface area contributed by atoms with Crippen LogP contribution in [-0.4, -0.2) is 6.21 Å². The largest absolute Gasteiger partial charge is 0.290 e. The summed E-state index contributed by atoms with van der Waals surface area (Å²) in [5.74, 6) is 0. The van der Waals surface area contributed by atoms with E-state index in [0.717, 1.165) is 6.42 Å². The highest BCUT2D eigenvalue weighted by atomic mass is 14.7. The average molecular weight is 189 g/mol. The lowest BCUT2D eigenvalue weighted by Gasteiger charge is -2.05. The van der Waals surface area contributed by atoms with Crippen molar-refractivity contribution in [2.75, 3.05) is 0 Å². The van der Waals surface area contributed by atoms with Crippen LogP contribution < -0.4 is 0 Å². The number of rotatable bonds is 5. The van der Waals surface area contributed by atoms with Gasteiger partial charge in [0.2, 0.25) is 0 Å². The smallest absolute Gasteiger partial charge is 0.0716 e. The van der Waals surface area contributed by atoms with Crippen molar-refractivity contribution in [1.29, 1.82) is 0 Å². The molecule has 0 unspecified atom stereocenters. The number of hydrogen-bond donors (Lipinski definition) is 0. The summed E-state index contributed by atoms with van der Waals surface area (Å²) in [6.45, 7) is 4.34. The summed E-state index contributed by atoms with van der Waals surface area (Å²) in [5, 5.41) is 0. The van der Waals surface area contributed by atoms with Crippen LogP contribution in [0.3, 0.4) is 0 Å². The summed E-state index contributed by atoms with van der Waals surface area (Å²) in [6, 6.07) is 10.7. The Kier molecular flexibility index (Phi) is 4.98. The Morgan fingerprint density at radius 2 is 2.00 bits per heavy atom. The zero-order valence-corrected chi connectivity index (χ0v) is 9.11. The first-order valence-corrected chi connectivity index (χ1v) is 5.41. The van der Waals surface area contributed by atoms with E-state index in [2.05, 4.69) is 49.3 Å². The molecule has 0 aliphatic rings. The fraction of sp³-hybridized carbons (Fsp3) is 0.462. The molecule has 14 heavy (non-hydrogen) atoms. The van der Waals surface area contributed by atoms with Crippen LogP contribution in [0.4, 0.5) is 0 Å². The first kappa shape index (κ1) is 11.0. The molecular weight excluding hydrogens is 170 g/mol. The van der Waals surface area contributed by atoms with Crippen LogP contribution in [0.1, 0.15) is 44.7 Å². The van der Waals surface area contributed by atoms with Gasteiger partial charge in [-0.25, -0.2) is 0 Å². The van der Waals surface area contributed by atoms with Crippen LogP contribution in [0.5, 0.6) is 0 Å². The molecule has 1 aromatic carbocycles. The summed E-state index contributed by atoms with van der Waals surface area (Å²) >= 11 is 0. The van der Waals surface area contributed by atoms with Gasteiger partial charge in [0, 0.05) is 0 Å². The Hall–Kier alpha value is -1.11. The molecule has 0 amide bonds. The third-order valence-corrected chi connectivity index (χ3v) is 2.30. The molecule has 1 rings (SSSR count). The number of aliphatic imine (C=N–C) groups is 1. The fourth-order valence-corrected chi connectivity index (χ4v) is 1.35. The van der Waals surface area contributed by atoms with Crippen molar-refractivity contribution in [2.24, 2.45) is 4.99 Å². The van der Waals surface area contributed by atoms with Crippen molar-refractivity contribution in [3.63, 3.8) is 0 Å². The lowest BCUT2D eigenvalue weighted by atomic mass is 10.1. The molecular formula is C13H19N. The van der Waals surface area contributed by atoms with E-state index in [1.54, 1.807) is 0 Å². The molecule has 0 radical (unpaired) electrons. The SMILES string of the molecule is CCCCC=N[C@@H](C)c1ccccc1. The van der Waals surface area contributed by atoms with Crippen LogP contribution in [0, 0.1) is 0 Å². The van der Waals surface area contributed by atoms with Gasteiger partial charge in [-0.2, -0.15) is 0 Å². The van der Waals surface area contributed by atoms with E-state index >= 15 is 0 Å². The molecule has 1 nitrogen and oxygen atoms in total. The van der Waals surface area contributed by atoms with Crippen LogP contribution in [-0.2, 0) is 0 Å². The van der Waals surface area contributed by atoms with Crippen LogP contribution in [0.2, 0.25) is 0 Å². The van der Waals surface area contributed by atoms with Gasteiger partial charge in [-0.15, -0.1) is 0 Å². The maximum absolute atomic E-state index is 4.51. The van der Waals surface area contributed by atoms with Gasteiger partial charge in [0.1, 0.15) is 0 Å². The molecule has 0 fully saturated rings. The summed E-state index contributed by atoms with van der Waals surface area (Å²) < 4.78 is 0. The van der Waals surface area contributed by atoms with Crippen molar-refractivity contribution in [1.82, 2.24) is 0 Å². The summed E-state index contributed by atoms with van der Waals surface area (Å²) in [7, 11) is 0. The molecule has 0 N–H and O–H groups in total. The third kappa shape index (κ3) is 3.73. The van der Waals surface area contributed by atoms with Crippen LogP contribution in [0.15, 0.2) is 35.3 Å². The third-order valence-electron chi connectivity index (χ3n) is 2.30. The Morgan fingerprint density at radius 1 is 1.29 bits per heavy atom. The van der Waals surface area contributed by atoms with Crippen LogP contribution >= 0.6 is 0 Å². The Balaban J connectivity index is 2.42. The summed E-state index contributed by atoms with van der Waals surface area (Å²) in [5.41, 5.74) is 1.29. The molecule has 0 aliphatic heterocycles. The highest BCUT2D eigenvalue weighted by molar-refractivity contribution is 5.57. The minimum absolute atomic E-state index is 0.299. The van der Waals surface area contributed by atoms with Gasteiger partial charge in [0.25, 0.3) is 0 Å². The molecule has 1 heteroatoms. The molecule has 0 aromatic heterocycles. The topological polar surface area (TPSA) is 12.4 Å². The van der Waals surface area contributed by atoms with Crippen molar-refractivity contribution < 1.29 is 0 Å². The second kappa shape index (κ2) is 6.36. The molecule has 0 aliphatic carbocycles. The molecule has 0 saturated carbocycles. The first-order valence-electron chi connectivity index (χ1n) is 5.41. The van der Waals surface area contributed by atoms with Crippen molar-refractivity contribution in [2.45, 2.75) is 39.2 Å². The molecule has 0 spiro atoms. The van der Waals surface area contributed by atoms with Gasteiger partial charge in [-0.05, 0) is 31.5 Å². The predicted octanol–water partition coefficient (Wildman–Crippen LogP) is 4.01. The summed E-state index contributed by atoms with van der Waals surface area (Å²) in [4.78, 5) is 4.51.